The molecule has 5 nitrogen and oxygen atoms in total. The molecule has 17 heavy (non-hydrogen) atoms. The summed E-state index contributed by atoms with van der Waals surface area (Å²) in [6.07, 6.45) is 0.0698. The molecule has 0 atom stereocenters. The molecular formula is C12H16N2O3. The Hall–Kier alpha value is -1.43. The smallest absolute Gasteiger partial charge is 0.250 e. The summed E-state index contributed by atoms with van der Waals surface area (Å²) in [5, 5.41) is 2.75. The lowest BCUT2D eigenvalue weighted by Crippen LogP contribution is -2.38. The minimum atomic E-state index is -0.155. The van der Waals surface area contributed by atoms with Crippen LogP contribution >= 0.6 is 0 Å². The van der Waals surface area contributed by atoms with Gasteiger partial charge in [0.05, 0.1) is 13.2 Å². The van der Waals surface area contributed by atoms with Crippen molar-refractivity contribution >= 4 is 11.6 Å². The first-order chi connectivity index (χ1) is 8.28. The number of anilines is 1. The lowest BCUT2D eigenvalue weighted by molar-refractivity contribution is -0.144. The molecule has 0 bridgehead atoms. The normalized spacial score (nSPS) is 15.4. The molecule has 3 N–H and O–H groups in total. The second-order valence-electron chi connectivity index (χ2n) is 3.92. The number of nitrogens with two attached hydrogens (primary N) is 1. The molecule has 1 aliphatic heterocycles. The quantitative estimate of drug-likeness (QED) is 0.780. The van der Waals surface area contributed by atoms with Crippen molar-refractivity contribution < 1.29 is 14.3 Å². The molecule has 0 saturated carbocycles. The molecule has 1 aromatic rings. The fraction of sp³-hybridized carbons (Fsp3) is 0.417. The molecule has 1 aliphatic rings. The Balaban J connectivity index is 1.76. The fourth-order valence-electron chi connectivity index (χ4n) is 1.43. The predicted octanol–water partition coefficient (Wildman–Crippen LogP) is 0.499. The van der Waals surface area contributed by atoms with Crippen molar-refractivity contribution in [1.29, 1.82) is 0 Å². The van der Waals surface area contributed by atoms with Crippen molar-refractivity contribution in [1.82, 2.24) is 0 Å². The number of carbonyl (C=O) groups excluding carboxylic acids is 1. The summed E-state index contributed by atoms with van der Waals surface area (Å²) < 4.78 is 10.2. The molecule has 0 aliphatic carbocycles. The second-order valence-corrected chi connectivity index (χ2v) is 3.92. The minimum absolute atomic E-state index is 0.0622. The van der Waals surface area contributed by atoms with E-state index in [1.807, 2.05) is 24.3 Å². The second kappa shape index (κ2) is 5.77. The lowest BCUT2D eigenvalue weighted by Gasteiger charge is -2.25. The van der Waals surface area contributed by atoms with E-state index in [1.165, 1.54) is 0 Å². The summed E-state index contributed by atoms with van der Waals surface area (Å²) in [5.41, 5.74) is 7.27. The van der Waals surface area contributed by atoms with E-state index in [1.54, 1.807) is 0 Å². The molecule has 1 heterocycles. The molecule has 1 fully saturated rings. The van der Waals surface area contributed by atoms with Gasteiger partial charge >= 0.3 is 0 Å². The first-order valence-corrected chi connectivity index (χ1v) is 5.56. The zero-order valence-corrected chi connectivity index (χ0v) is 9.52. The molecule has 0 aromatic heterocycles. The number of nitrogens with one attached hydrogen (secondary N) is 1. The van der Waals surface area contributed by atoms with Gasteiger partial charge in [-0.2, -0.15) is 0 Å². The largest absolute Gasteiger partial charge is 0.376 e. The van der Waals surface area contributed by atoms with Gasteiger partial charge in [-0.15, -0.1) is 0 Å². The molecule has 5 heteroatoms. The Morgan fingerprint density at radius 3 is 2.65 bits per heavy atom. The molecule has 2 rings (SSSR count). The van der Waals surface area contributed by atoms with Gasteiger partial charge in [-0.3, -0.25) is 4.79 Å². The number of hydrogen-bond acceptors (Lipinski definition) is 4. The van der Waals surface area contributed by atoms with Gasteiger partial charge in [-0.05, 0) is 17.7 Å². The van der Waals surface area contributed by atoms with Gasteiger partial charge < -0.3 is 20.5 Å². The van der Waals surface area contributed by atoms with E-state index in [0.29, 0.717) is 19.8 Å². The van der Waals surface area contributed by atoms with Crippen molar-refractivity contribution in [2.45, 2.75) is 12.6 Å². The highest BCUT2D eigenvalue weighted by atomic mass is 16.6. The van der Waals surface area contributed by atoms with Gasteiger partial charge in [0.15, 0.2) is 0 Å². The van der Waals surface area contributed by atoms with E-state index in [9.17, 15) is 4.79 Å². The van der Waals surface area contributed by atoms with Crippen LogP contribution in [0.25, 0.3) is 0 Å². The summed E-state index contributed by atoms with van der Waals surface area (Å²) in [7, 11) is 0. The SMILES string of the molecule is NCc1ccc(NC(=O)COC2COC2)cc1. The monoisotopic (exact) mass is 236 g/mol. The van der Waals surface area contributed by atoms with Crippen LogP contribution in [0.5, 0.6) is 0 Å². The van der Waals surface area contributed by atoms with Crippen molar-refractivity contribution in [3.05, 3.63) is 29.8 Å². The van der Waals surface area contributed by atoms with Crippen LogP contribution < -0.4 is 11.1 Å². The Labute approximate surface area is 99.9 Å². The van der Waals surface area contributed by atoms with Gasteiger partial charge in [0, 0.05) is 12.2 Å². The van der Waals surface area contributed by atoms with Gasteiger partial charge in [0.2, 0.25) is 5.91 Å². The third-order valence-electron chi connectivity index (χ3n) is 2.53. The Bertz CT molecular complexity index is 374. The minimum Gasteiger partial charge on any atom is -0.376 e. The Morgan fingerprint density at radius 2 is 2.12 bits per heavy atom. The van der Waals surface area contributed by atoms with Crippen molar-refractivity contribution in [3.63, 3.8) is 0 Å². The number of amides is 1. The summed E-state index contributed by atoms with van der Waals surface area (Å²) in [6, 6.07) is 7.42. The number of ether oxygens (including phenoxy) is 2. The van der Waals surface area contributed by atoms with E-state index < -0.39 is 0 Å². The third-order valence-corrected chi connectivity index (χ3v) is 2.53. The van der Waals surface area contributed by atoms with Crippen molar-refractivity contribution in [2.24, 2.45) is 5.73 Å². The van der Waals surface area contributed by atoms with Gasteiger partial charge in [0.1, 0.15) is 12.7 Å². The summed E-state index contributed by atoms with van der Waals surface area (Å²) >= 11 is 0. The average molecular weight is 236 g/mol. The van der Waals surface area contributed by atoms with Crippen molar-refractivity contribution in [3.8, 4) is 0 Å². The molecule has 1 amide bonds. The number of benzene rings is 1. The van der Waals surface area contributed by atoms with Crippen molar-refractivity contribution in [2.75, 3.05) is 25.1 Å². The molecule has 0 radical (unpaired) electrons. The standard InChI is InChI=1S/C12H16N2O3/c13-5-9-1-3-10(4-2-9)14-12(15)8-17-11-6-16-7-11/h1-4,11H,5-8,13H2,(H,14,15). The van der Waals surface area contributed by atoms with E-state index in [2.05, 4.69) is 5.32 Å². The fourth-order valence-corrected chi connectivity index (χ4v) is 1.43. The maximum atomic E-state index is 11.5. The summed E-state index contributed by atoms with van der Waals surface area (Å²) in [6.45, 7) is 1.72. The third kappa shape index (κ3) is 3.52. The predicted molar refractivity (Wildman–Crippen MR) is 63.5 cm³/mol. The number of hydrogen-bond donors (Lipinski definition) is 2. The maximum absolute atomic E-state index is 11.5. The maximum Gasteiger partial charge on any atom is 0.250 e. The van der Waals surface area contributed by atoms with E-state index in [0.717, 1.165) is 11.3 Å². The van der Waals surface area contributed by atoms with E-state index >= 15 is 0 Å². The van der Waals surface area contributed by atoms with Crippen LogP contribution in [0.2, 0.25) is 0 Å². The van der Waals surface area contributed by atoms with Crippen LogP contribution in [0.4, 0.5) is 5.69 Å². The molecule has 1 aromatic carbocycles. The highest BCUT2D eigenvalue weighted by Crippen LogP contribution is 2.09. The van der Waals surface area contributed by atoms with Crippen LogP contribution in [-0.4, -0.2) is 31.8 Å². The summed E-state index contributed by atoms with van der Waals surface area (Å²) in [4.78, 5) is 11.5. The average Bonchev–Trinajstić information content (AvgIpc) is 2.28. The van der Waals surface area contributed by atoms with Crippen LogP contribution in [0.1, 0.15) is 5.56 Å². The first-order valence-electron chi connectivity index (χ1n) is 5.56. The molecule has 1 saturated heterocycles. The Kier molecular flexibility index (Phi) is 4.08. The van der Waals surface area contributed by atoms with Gasteiger partial charge in [-0.1, -0.05) is 12.1 Å². The van der Waals surface area contributed by atoms with Gasteiger partial charge in [-0.25, -0.2) is 0 Å². The molecule has 92 valence electrons. The highest BCUT2D eigenvalue weighted by Gasteiger charge is 2.19. The number of carbonyl (C=O) groups is 1. The lowest BCUT2D eigenvalue weighted by atomic mass is 10.2. The summed E-state index contributed by atoms with van der Waals surface area (Å²) in [5.74, 6) is -0.155. The van der Waals surface area contributed by atoms with Gasteiger partial charge in [0.25, 0.3) is 0 Å². The van der Waals surface area contributed by atoms with E-state index in [-0.39, 0.29) is 18.6 Å². The Morgan fingerprint density at radius 1 is 1.41 bits per heavy atom. The van der Waals surface area contributed by atoms with Crippen LogP contribution in [-0.2, 0) is 20.8 Å². The molecule has 0 spiro atoms. The van der Waals surface area contributed by atoms with Crippen LogP contribution in [0.3, 0.4) is 0 Å². The van der Waals surface area contributed by atoms with Crippen LogP contribution in [0.15, 0.2) is 24.3 Å². The van der Waals surface area contributed by atoms with Crippen LogP contribution in [0, 0.1) is 0 Å². The topological polar surface area (TPSA) is 73.6 Å². The number of rotatable bonds is 5. The first kappa shape index (κ1) is 12.0. The zero-order valence-electron chi connectivity index (χ0n) is 9.52. The van der Waals surface area contributed by atoms with E-state index in [4.69, 9.17) is 15.2 Å². The molecular weight excluding hydrogens is 220 g/mol. The zero-order chi connectivity index (χ0) is 12.1. The molecule has 0 unspecified atom stereocenters. The highest BCUT2D eigenvalue weighted by molar-refractivity contribution is 5.91.